The Kier molecular flexibility index (Phi) is 4.64. The summed E-state index contributed by atoms with van der Waals surface area (Å²) in [7, 11) is 0. The Morgan fingerprint density at radius 1 is 1.47 bits per heavy atom. The summed E-state index contributed by atoms with van der Waals surface area (Å²) >= 11 is 8.88. The van der Waals surface area contributed by atoms with E-state index in [9.17, 15) is 0 Å². The predicted molar refractivity (Wildman–Crippen MR) is 80.3 cm³/mol. The Balaban J connectivity index is 2.12. The maximum absolute atomic E-state index is 8.76. The number of nitrogens with zero attached hydrogens (tertiary/aromatic N) is 3. The van der Waals surface area contributed by atoms with Gasteiger partial charge in [-0.2, -0.15) is 5.26 Å². The third-order valence-electron chi connectivity index (χ3n) is 2.38. The average molecular weight is 311 g/mol. The maximum atomic E-state index is 8.76. The molecule has 0 radical (unpaired) electrons. The van der Waals surface area contributed by atoms with Gasteiger partial charge in [-0.25, -0.2) is 0 Å². The van der Waals surface area contributed by atoms with Gasteiger partial charge >= 0.3 is 0 Å². The van der Waals surface area contributed by atoms with Gasteiger partial charge in [-0.3, -0.25) is 0 Å². The molecule has 0 aliphatic heterocycles. The first kappa shape index (κ1) is 14.1. The molecule has 0 bridgehead atoms. The zero-order valence-corrected chi connectivity index (χ0v) is 12.7. The molecule has 0 saturated heterocycles. The van der Waals surface area contributed by atoms with Crippen molar-refractivity contribution >= 4 is 45.5 Å². The van der Waals surface area contributed by atoms with E-state index < -0.39 is 0 Å². The molecule has 0 fully saturated rings. The number of nitrogens with one attached hydrogen (secondary N) is 1. The smallest absolute Gasteiger partial charge is 0.210 e. The topological polar surface area (TPSA) is 61.6 Å². The number of hydrogen-bond donors (Lipinski definition) is 1. The van der Waals surface area contributed by atoms with Crippen molar-refractivity contribution in [3.05, 3.63) is 28.8 Å². The predicted octanol–water partition coefficient (Wildman–Crippen LogP) is 4.25. The van der Waals surface area contributed by atoms with Crippen molar-refractivity contribution in [2.24, 2.45) is 0 Å². The van der Waals surface area contributed by atoms with Gasteiger partial charge in [0.05, 0.1) is 11.3 Å². The van der Waals surface area contributed by atoms with Crippen LogP contribution >= 0.6 is 34.7 Å². The first-order valence-electron chi connectivity index (χ1n) is 5.52. The van der Waals surface area contributed by atoms with E-state index in [0.717, 1.165) is 15.6 Å². The molecule has 0 aliphatic carbocycles. The van der Waals surface area contributed by atoms with Gasteiger partial charge in [0, 0.05) is 10.7 Å². The Bertz CT molecular complexity index is 620. The lowest BCUT2D eigenvalue weighted by Gasteiger charge is -2.06. The number of rotatable bonds is 4. The van der Waals surface area contributed by atoms with Crippen LogP contribution in [0.2, 0.25) is 5.02 Å². The van der Waals surface area contributed by atoms with Crippen LogP contribution in [-0.2, 0) is 0 Å². The lowest BCUT2D eigenvalue weighted by molar-refractivity contribution is 1.01. The van der Waals surface area contributed by atoms with Crippen molar-refractivity contribution in [1.29, 1.82) is 5.26 Å². The van der Waals surface area contributed by atoms with Crippen molar-refractivity contribution in [2.75, 3.05) is 5.32 Å². The second kappa shape index (κ2) is 6.24. The standard InChI is InChI=1S/C12H11ClN4S2/c1-7(6-14)18-12-17-16-11(19-12)15-10-5-3-4-9(13)8(10)2/h3-5,7H,1-2H3,(H,15,16)/t7-/m0/s1. The van der Waals surface area contributed by atoms with Gasteiger partial charge < -0.3 is 5.32 Å². The number of halogens is 1. The van der Waals surface area contributed by atoms with E-state index >= 15 is 0 Å². The highest BCUT2D eigenvalue weighted by molar-refractivity contribution is 8.01. The van der Waals surface area contributed by atoms with E-state index in [0.29, 0.717) is 10.2 Å². The minimum atomic E-state index is -0.131. The van der Waals surface area contributed by atoms with Crippen LogP contribution in [-0.4, -0.2) is 15.4 Å². The molecule has 4 nitrogen and oxygen atoms in total. The van der Waals surface area contributed by atoms with Crippen molar-refractivity contribution < 1.29 is 0 Å². The van der Waals surface area contributed by atoms with E-state index in [1.165, 1.54) is 23.1 Å². The quantitative estimate of drug-likeness (QED) is 0.855. The van der Waals surface area contributed by atoms with Crippen LogP contribution in [0.1, 0.15) is 12.5 Å². The summed E-state index contributed by atoms with van der Waals surface area (Å²) in [5.74, 6) is 0. The molecular weight excluding hydrogens is 300 g/mol. The lowest BCUT2D eigenvalue weighted by atomic mass is 10.2. The lowest BCUT2D eigenvalue weighted by Crippen LogP contribution is -1.92. The molecule has 19 heavy (non-hydrogen) atoms. The summed E-state index contributed by atoms with van der Waals surface area (Å²) < 4.78 is 0.774. The first-order chi connectivity index (χ1) is 9.10. The molecule has 1 N–H and O–H groups in total. The minimum absolute atomic E-state index is 0.131. The Morgan fingerprint density at radius 2 is 2.26 bits per heavy atom. The SMILES string of the molecule is Cc1c(Cl)cccc1Nc1nnc(S[C@@H](C)C#N)s1. The Labute approximate surface area is 124 Å². The molecule has 2 rings (SSSR count). The summed E-state index contributed by atoms with van der Waals surface area (Å²) in [6, 6.07) is 7.82. The van der Waals surface area contributed by atoms with Gasteiger partial charge in [-0.15, -0.1) is 10.2 Å². The summed E-state index contributed by atoms with van der Waals surface area (Å²) in [4.78, 5) is 0. The van der Waals surface area contributed by atoms with Crippen LogP contribution in [0, 0.1) is 18.3 Å². The van der Waals surface area contributed by atoms with Crippen LogP contribution in [0.3, 0.4) is 0 Å². The minimum Gasteiger partial charge on any atom is -0.330 e. The van der Waals surface area contributed by atoms with Crippen LogP contribution < -0.4 is 5.32 Å². The summed E-state index contributed by atoms with van der Waals surface area (Å²) in [6.07, 6.45) is 0. The molecule has 0 saturated carbocycles. The van der Waals surface area contributed by atoms with Gasteiger partial charge in [0.1, 0.15) is 0 Å². The highest BCUT2D eigenvalue weighted by atomic mass is 35.5. The van der Waals surface area contributed by atoms with E-state index in [-0.39, 0.29) is 5.25 Å². The molecule has 1 aromatic carbocycles. The van der Waals surface area contributed by atoms with Crippen LogP contribution in [0.5, 0.6) is 0 Å². The summed E-state index contributed by atoms with van der Waals surface area (Å²) in [5, 5.41) is 21.3. The largest absolute Gasteiger partial charge is 0.330 e. The highest BCUT2D eigenvalue weighted by Crippen LogP contribution is 2.32. The number of thioether (sulfide) groups is 1. The maximum Gasteiger partial charge on any atom is 0.210 e. The number of hydrogen-bond acceptors (Lipinski definition) is 6. The van der Waals surface area contributed by atoms with Gasteiger partial charge in [0.15, 0.2) is 4.34 Å². The molecule has 1 atom stereocenters. The van der Waals surface area contributed by atoms with Crippen molar-refractivity contribution in [3.63, 3.8) is 0 Å². The highest BCUT2D eigenvalue weighted by Gasteiger charge is 2.10. The Morgan fingerprint density at radius 3 is 3.00 bits per heavy atom. The van der Waals surface area contributed by atoms with Gasteiger partial charge in [-0.05, 0) is 31.5 Å². The van der Waals surface area contributed by atoms with Crippen molar-refractivity contribution in [1.82, 2.24) is 10.2 Å². The molecule has 2 aromatic rings. The van der Waals surface area contributed by atoms with Crippen LogP contribution in [0.25, 0.3) is 0 Å². The van der Waals surface area contributed by atoms with Crippen molar-refractivity contribution in [2.45, 2.75) is 23.4 Å². The Hall–Kier alpha value is -1.29. The molecule has 98 valence electrons. The van der Waals surface area contributed by atoms with Crippen molar-refractivity contribution in [3.8, 4) is 6.07 Å². The number of anilines is 2. The van der Waals surface area contributed by atoms with E-state index in [2.05, 4.69) is 21.6 Å². The molecule has 0 spiro atoms. The molecule has 1 heterocycles. The molecule has 0 amide bonds. The first-order valence-corrected chi connectivity index (χ1v) is 7.59. The van der Waals surface area contributed by atoms with E-state index in [1.54, 1.807) is 0 Å². The third kappa shape index (κ3) is 3.60. The molecule has 1 aromatic heterocycles. The van der Waals surface area contributed by atoms with Crippen LogP contribution in [0.4, 0.5) is 10.8 Å². The zero-order valence-electron chi connectivity index (χ0n) is 10.3. The number of nitriles is 1. The normalized spacial score (nSPS) is 11.9. The van der Waals surface area contributed by atoms with Gasteiger partial charge in [0.2, 0.25) is 5.13 Å². The fourth-order valence-corrected chi connectivity index (χ4v) is 3.31. The second-order valence-electron chi connectivity index (χ2n) is 3.80. The fourth-order valence-electron chi connectivity index (χ4n) is 1.34. The molecule has 0 unspecified atom stereocenters. The monoisotopic (exact) mass is 310 g/mol. The molecule has 7 heteroatoms. The third-order valence-corrected chi connectivity index (χ3v) is 4.70. The van der Waals surface area contributed by atoms with Gasteiger partial charge in [0.25, 0.3) is 0 Å². The average Bonchev–Trinajstić information content (AvgIpc) is 2.82. The van der Waals surface area contributed by atoms with Crippen LogP contribution in [0.15, 0.2) is 22.5 Å². The molecular formula is C12H11ClN4S2. The number of benzene rings is 1. The fraction of sp³-hybridized carbons (Fsp3) is 0.250. The van der Waals surface area contributed by atoms with E-state index in [4.69, 9.17) is 16.9 Å². The summed E-state index contributed by atoms with van der Waals surface area (Å²) in [5.41, 5.74) is 1.88. The van der Waals surface area contributed by atoms with E-state index in [1.807, 2.05) is 32.0 Å². The van der Waals surface area contributed by atoms with Gasteiger partial charge in [-0.1, -0.05) is 40.8 Å². The number of aromatic nitrogens is 2. The summed E-state index contributed by atoms with van der Waals surface area (Å²) in [6.45, 7) is 3.78. The second-order valence-corrected chi connectivity index (χ2v) is 6.77. The molecule has 0 aliphatic rings. The zero-order chi connectivity index (χ0) is 13.8.